The van der Waals surface area contributed by atoms with E-state index >= 15 is 0 Å². The summed E-state index contributed by atoms with van der Waals surface area (Å²) in [5, 5.41) is 4.08. The zero-order valence-corrected chi connectivity index (χ0v) is 13.0. The van der Waals surface area contributed by atoms with Gasteiger partial charge in [0.2, 0.25) is 0 Å². The number of aryl methyl sites for hydroxylation is 1. The number of halogens is 1. The maximum absolute atomic E-state index is 6.15. The van der Waals surface area contributed by atoms with Gasteiger partial charge in [-0.2, -0.15) is 0 Å². The second-order valence-corrected chi connectivity index (χ2v) is 5.93. The Morgan fingerprint density at radius 1 is 1.19 bits per heavy atom. The molecule has 1 heterocycles. The van der Waals surface area contributed by atoms with Gasteiger partial charge in [0.1, 0.15) is 5.75 Å². The van der Waals surface area contributed by atoms with Crippen LogP contribution in [0.15, 0.2) is 36.5 Å². The van der Waals surface area contributed by atoms with Crippen LogP contribution in [0.2, 0.25) is 5.15 Å². The molecule has 110 valence electrons. The number of hydrogen-bond acceptors (Lipinski definition) is 3. The van der Waals surface area contributed by atoms with Gasteiger partial charge in [-0.15, -0.1) is 0 Å². The maximum atomic E-state index is 6.15. The van der Waals surface area contributed by atoms with Crippen molar-refractivity contribution in [3.63, 3.8) is 0 Å². The summed E-state index contributed by atoms with van der Waals surface area (Å²) in [4.78, 5) is 4.14. The van der Waals surface area contributed by atoms with Gasteiger partial charge in [0, 0.05) is 12.2 Å². The largest absolute Gasteiger partial charge is 0.497 e. The van der Waals surface area contributed by atoms with Gasteiger partial charge in [-0.05, 0) is 55.0 Å². The number of rotatable bonds is 4. The van der Waals surface area contributed by atoms with Crippen molar-refractivity contribution in [2.75, 3.05) is 12.4 Å². The number of nitrogens with zero attached hydrogens (tertiary/aromatic N) is 1. The number of pyridine rings is 1. The second-order valence-electron chi connectivity index (χ2n) is 5.58. The van der Waals surface area contributed by atoms with Gasteiger partial charge in [0.25, 0.3) is 0 Å². The third-order valence-corrected chi connectivity index (χ3v) is 4.47. The van der Waals surface area contributed by atoms with Crippen molar-refractivity contribution in [1.29, 1.82) is 0 Å². The summed E-state index contributed by atoms with van der Waals surface area (Å²) in [6, 6.07) is 10.8. The summed E-state index contributed by atoms with van der Waals surface area (Å²) >= 11 is 6.15. The Balaban J connectivity index is 1.60. The predicted molar refractivity (Wildman–Crippen MR) is 86.4 cm³/mol. The molecular weight excluding hydrogens is 284 g/mol. The van der Waals surface area contributed by atoms with Crippen LogP contribution in [0.4, 0.5) is 5.69 Å². The van der Waals surface area contributed by atoms with Crippen LogP contribution < -0.4 is 10.1 Å². The van der Waals surface area contributed by atoms with Crippen molar-refractivity contribution >= 4 is 17.3 Å². The van der Waals surface area contributed by atoms with E-state index in [1.807, 2.05) is 18.2 Å². The van der Waals surface area contributed by atoms with Crippen LogP contribution in [0.5, 0.6) is 5.75 Å². The van der Waals surface area contributed by atoms with Crippen molar-refractivity contribution in [2.45, 2.75) is 31.7 Å². The lowest BCUT2D eigenvalue weighted by molar-refractivity contribution is 0.373. The molecule has 0 radical (unpaired) electrons. The van der Waals surface area contributed by atoms with E-state index in [2.05, 4.69) is 29.4 Å². The molecule has 1 aliphatic carbocycles. The average Bonchev–Trinajstić information content (AvgIpc) is 2.45. The van der Waals surface area contributed by atoms with E-state index in [4.69, 9.17) is 16.3 Å². The third-order valence-electron chi connectivity index (χ3n) is 4.19. The molecule has 1 N–H and O–H groups in total. The Morgan fingerprint density at radius 3 is 2.52 bits per heavy atom. The molecule has 0 atom stereocenters. The monoisotopic (exact) mass is 302 g/mol. The minimum atomic E-state index is 0.470. The van der Waals surface area contributed by atoms with Gasteiger partial charge in [-0.25, -0.2) is 4.98 Å². The molecule has 0 unspecified atom stereocenters. The summed E-state index contributed by atoms with van der Waals surface area (Å²) in [5.41, 5.74) is 3.49. The Morgan fingerprint density at radius 2 is 1.90 bits per heavy atom. The molecule has 4 heteroatoms. The first-order chi connectivity index (χ1) is 10.2. The number of nitrogens with one attached hydrogen (secondary N) is 1. The third kappa shape index (κ3) is 2.98. The van der Waals surface area contributed by atoms with Crippen molar-refractivity contribution in [2.24, 2.45) is 0 Å². The normalized spacial score (nSPS) is 20.7. The molecule has 21 heavy (non-hydrogen) atoms. The lowest BCUT2D eigenvalue weighted by Crippen LogP contribution is -2.34. The van der Waals surface area contributed by atoms with Crippen LogP contribution in [0, 0.1) is 6.92 Å². The van der Waals surface area contributed by atoms with Crippen LogP contribution in [-0.2, 0) is 0 Å². The molecule has 2 aromatic rings. The summed E-state index contributed by atoms with van der Waals surface area (Å²) < 4.78 is 5.19. The van der Waals surface area contributed by atoms with Gasteiger partial charge in [-0.1, -0.05) is 23.7 Å². The van der Waals surface area contributed by atoms with Crippen LogP contribution >= 0.6 is 11.6 Å². The topological polar surface area (TPSA) is 34.1 Å². The highest BCUT2D eigenvalue weighted by Crippen LogP contribution is 2.40. The SMILES string of the molecule is COc1ccc(C2CC(Nc3c(C)ccnc3Cl)C2)cc1. The standard InChI is InChI=1S/C17H19ClN2O/c1-11-7-8-19-17(18)16(11)20-14-9-13(10-14)12-3-5-15(21-2)6-4-12/h3-8,13-14,20H,9-10H2,1-2H3. The van der Waals surface area contributed by atoms with Crippen molar-refractivity contribution < 1.29 is 4.74 Å². The quantitative estimate of drug-likeness (QED) is 0.849. The molecule has 1 aromatic heterocycles. The van der Waals surface area contributed by atoms with Crippen molar-refractivity contribution in [3.8, 4) is 5.75 Å². The maximum Gasteiger partial charge on any atom is 0.152 e. The number of methoxy groups -OCH3 is 1. The first-order valence-corrected chi connectivity index (χ1v) is 7.56. The number of aromatic nitrogens is 1. The summed E-state index contributed by atoms with van der Waals surface area (Å²) in [5.74, 6) is 1.52. The van der Waals surface area contributed by atoms with Crippen LogP contribution in [-0.4, -0.2) is 18.1 Å². The van der Waals surface area contributed by atoms with E-state index in [0.29, 0.717) is 17.1 Å². The number of ether oxygens (including phenoxy) is 1. The van der Waals surface area contributed by atoms with E-state index in [-0.39, 0.29) is 0 Å². The fourth-order valence-electron chi connectivity index (χ4n) is 2.79. The summed E-state index contributed by atoms with van der Waals surface area (Å²) in [7, 11) is 1.69. The highest BCUT2D eigenvalue weighted by atomic mass is 35.5. The lowest BCUT2D eigenvalue weighted by atomic mass is 9.76. The van der Waals surface area contributed by atoms with Gasteiger partial charge >= 0.3 is 0 Å². The zero-order valence-electron chi connectivity index (χ0n) is 12.3. The Kier molecular flexibility index (Phi) is 4.02. The number of benzene rings is 1. The molecule has 0 aliphatic heterocycles. The molecule has 1 fully saturated rings. The molecule has 0 amide bonds. The minimum Gasteiger partial charge on any atom is -0.497 e. The van der Waals surface area contributed by atoms with E-state index in [9.17, 15) is 0 Å². The first-order valence-electron chi connectivity index (χ1n) is 7.19. The molecular formula is C17H19ClN2O. The summed E-state index contributed by atoms with van der Waals surface area (Å²) in [6.45, 7) is 2.05. The Labute approximate surface area is 130 Å². The highest BCUT2D eigenvalue weighted by Gasteiger charge is 2.30. The molecule has 0 spiro atoms. The fraction of sp³-hybridized carbons (Fsp3) is 0.353. The van der Waals surface area contributed by atoms with E-state index < -0.39 is 0 Å². The number of anilines is 1. The molecule has 0 bridgehead atoms. The fourth-order valence-corrected chi connectivity index (χ4v) is 3.05. The average molecular weight is 303 g/mol. The second kappa shape index (κ2) is 5.94. The van der Waals surface area contributed by atoms with Crippen LogP contribution in [0.25, 0.3) is 0 Å². The summed E-state index contributed by atoms with van der Waals surface area (Å²) in [6.07, 6.45) is 3.98. The molecule has 3 rings (SSSR count). The van der Waals surface area contributed by atoms with E-state index in [1.54, 1.807) is 13.3 Å². The minimum absolute atomic E-state index is 0.470. The molecule has 3 nitrogen and oxygen atoms in total. The van der Waals surface area contributed by atoms with Crippen LogP contribution in [0.1, 0.15) is 29.9 Å². The number of hydrogen-bond donors (Lipinski definition) is 1. The van der Waals surface area contributed by atoms with Crippen LogP contribution in [0.3, 0.4) is 0 Å². The van der Waals surface area contributed by atoms with E-state index in [0.717, 1.165) is 29.8 Å². The Hall–Kier alpha value is -1.74. The predicted octanol–water partition coefficient (Wildman–Crippen LogP) is 4.41. The van der Waals surface area contributed by atoms with Crippen molar-refractivity contribution in [1.82, 2.24) is 4.98 Å². The smallest absolute Gasteiger partial charge is 0.152 e. The molecule has 1 aliphatic rings. The van der Waals surface area contributed by atoms with Crippen molar-refractivity contribution in [3.05, 3.63) is 52.8 Å². The van der Waals surface area contributed by atoms with Gasteiger partial charge in [0.15, 0.2) is 5.15 Å². The highest BCUT2D eigenvalue weighted by molar-refractivity contribution is 6.32. The van der Waals surface area contributed by atoms with Gasteiger partial charge < -0.3 is 10.1 Å². The van der Waals surface area contributed by atoms with Gasteiger partial charge in [0.05, 0.1) is 12.8 Å². The lowest BCUT2D eigenvalue weighted by Gasteiger charge is -2.37. The first kappa shape index (κ1) is 14.2. The molecule has 0 saturated heterocycles. The Bertz CT molecular complexity index is 601. The van der Waals surface area contributed by atoms with E-state index in [1.165, 1.54) is 5.56 Å². The molecule has 1 aromatic carbocycles. The van der Waals surface area contributed by atoms with Gasteiger partial charge in [-0.3, -0.25) is 0 Å². The zero-order chi connectivity index (χ0) is 14.8. The molecule has 1 saturated carbocycles.